The van der Waals surface area contributed by atoms with Gasteiger partial charge in [-0.05, 0) is 24.8 Å². The van der Waals surface area contributed by atoms with Gasteiger partial charge in [0.05, 0.1) is 22.4 Å². The summed E-state index contributed by atoms with van der Waals surface area (Å²) in [5.74, 6) is -0.730. The van der Waals surface area contributed by atoms with Gasteiger partial charge in [0.2, 0.25) is 5.91 Å². The minimum absolute atomic E-state index is 0.0607. The fourth-order valence-corrected chi connectivity index (χ4v) is 3.65. The first-order valence-electron chi connectivity index (χ1n) is 7.92. The van der Waals surface area contributed by atoms with Crippen molar-refractivity contribution in [3.8, 4) is 0 Å². The number of nitrogens with zero attached hydrogens (tertiary/aromatic N) is 1. The van der Waals surface area contributed by atoms with Gasteiger partial charge in [-0.1, -0.05) is 25.2 Å². The molecule has 2 aromatic heterocycles. The molecule has 0 aliphatic heterocycles. The number of anilines is 1. The number of thiazole rings is 1. The van der Waals surface area contributed by atoms with E-state index in [4.69, 9.17) is 4.42 Å². The Kier molecular flexibility index (Phi) is 4.47. The number of furan rings is 1. The molecule has 2 amide bonds. The molecule has 7 nitrogen and oxygen atoms in total. The summed E-state index contributed by atoms with van der Waals surface area (Å²) in [5.41, 5.74) is 0.958. The van der Waals surface area contributed by atoms with Gasteiger partial charge in [0.1, 0.15) is 12.3 Å². The monoisotopic (exact) mass is 361 g/mol. The molecule has 0 bridgehead atoms. The second kappa shape index (κ2) is 6.44. The zero-order valence-electron chi connectivity index (χ0n) is 14.2. The van der Waals surface area contributed by atoms with Crippen LogP contribution in [0.25, 0.3) is 0 Å². The lowest BCUT2D eigenvalue weighted by molar-refractivity contribution is -0.117. The zero-order valence-corrected chi connectivity index (χ0v) is 15.0. The Labute approximate surface area is 148 Å². The number of ketones is 1. The van der Waals surface area contributed by atoms with Gasteiger partial charge < -0.3 is 15.1 Å². The molecule has 0 fully saturated rings. The fraction of sp³-hybridized carbons (Fsp3) is 0.412. The Bertz CT molecular complexity index is 823. The molecule has 2 N–H and O–H groups in total. The molecule has 1 unspecified atom stereocenters. The van der Waals surface area contributed by atoms with Gasteiger partial charge in [-0.3, -0.25) is 14.4 Å². The van der Waals surface area contributed by atoms with Crippen molar-refractivity contribution in [2.75, 3.05) is 5.32 Å². The van der Waals surface area contributed by atoms with Crippen LogP contribution >= 0.6 is 11.3 Å². The van der Waals surface area contributed by atoms with Crippen LogP contribution in [0.15, 0.2) is 23.0 Å². The Morgan fingerprint density at radius 1 is 1.36 bits per heavy atom. The van der Waals surface area contributed by atoms with Crippen molar-refractivity contribution in [3.05, 3.63) is 34.7 Å². The smallest absolute Gasteiger partial charge is 0.255 e. The van der Waals surface area contributed by atoms with Crippen LogP contribution in [-0.4, -0.2) is 28.6 Å². The number of hydrogen-bond donors (Lipinski definition) is 2. The second-order valence-electron chi connectivity index (χ2n) is 6.93. The summed E-state index contributed by atoms with van der Waals surface area (Å²) in [7, 11) is 0. The molecular formula is C17H19N3O4S. The number of amides is 2. The van der Waals surface area contributed by atoms with Gasteiger partial charge in [0, 0.05) is 6.42 Å². The standard InChI is InChI=1S/C17H19N3O4S/c1-9(18-15(23)10-4-5-24-8-10)14(22)20-16-19-11-6-17(2,3)7-12(21)13(11)25-16/h4-5,8-9H,6-7H2,1-3H3,(H,18,23)(H,19,20,22). The minimum atomic E-state index is -0.754. The molecule has 0 aromatic carbocycles. The van der Waals surface area contributed by atoms with E-state index < -0.39 is 17.9 Å². The molecule has 25 heavy (non-hydrogen) atoms. The van der Waals surface area contributed by atoms with Crippen molar-refractivity contribution < 1.29 is 18.8 Å². The number of hydrogen-bond acceptors (Lipinski definition) is 6. The number of carbonyl (C=O) groups is 3. The van der Waals surface area contributed by atoms with Crippen LogP contribution in [0.2, 0.25) is 0 Å². The maximum Gasteiger partial charge on any atom is 0.255 e. The normalized spacial score (nSPS) is 16.8. The Hall–Kier alpha value is -2.48. The van der Waals surface area contributed by atoms with E-state index >= 15 is 0 Å². The number of aromatic nitrogens is 1. The van der Waals surface area contributed by atoms with Gasteiger partial charge in [0.15, 0.2) is 10.9 Å². The van der Waals surface area contributed by atoms with Crippen LogP contribution in [0.4, 0.5) is 5.13 Å². The molecule has 2 heterocycles. The minimum Gasteiger partial charge on any atom is -0.472 e. The highest BCUT2D eigenvalue weighted by Gasteiger charge is 2.34. The van der Waals surface area contributed by atoms with E-state index in [2.05, 4.69) is 15.6 Å². The quantitative estimate of drug-likeness (QED) is 0.872. The summed E-state index contributed by atoms with van der Waals surface area (Å²) in [5, 5.41) is 5.64. The first kappa shape index (κ1) is 17.3. The number of nitrogens with one attached hydrogen (secondary N) is 2. The third-order valence-corrected chi connectivity index (χ3v) is 5.04. The van der Waals surface area contributed by atoms with Crippen LogP contribution in [0.5, 0.6) is 0 Å². The molecule has 2 aromatic rings. The van der Waals surface area contributed by atoms with E-state index in [0.29, 0.717) is 28.4 Å². The van der Waals surface area contributed by atoms with Crippen molar-refractivity contribution in [2.45, 2.75) is 39.7 Å². The van der Waals surface area contributed by atoms with Gasteiger partial charge in [-0.25, -0.2) is 4.98 Å². The lowest BCUT2D eigenvalue weighted by Crippen LogP contribution is -2.41. The molecule has 1 atom stereocenters. The van der Waals surface area contributed by atoms with Gasteiger partial charge in [-0.15, -0.1) is 0 Å². The van der Waals surface area contributed by atoms with Crippen molar-refractivity contribution in [2.24, 2.45) is 5.41 Å². The molecule has 1 aliphatic rings. The summed E-state index contributed by atoms with van der Waals surface area (Å²) in [4.78, 5) is 41.4. The van der Waals surface area contributed by atoms with Crippen molar-refractivity contribution >= 4 is 34.1 Å². The molecule has 1 aliphatic carbocycles. The molecule has 8 heteroatoms. The highest BCUT2D eigenvalue weighted by molar-refractivity contribution is 7.17. The predicted molar refractivity (Wildman–Crippen MR) is 92.8 cm³/mol. The first-order chi connectivity index (χ1) is 11.7. The predicted octanol–water partition coefficient (Wildman–Crippen LogP) is 2.65. The van der Waals surface area contributed by atoms with E-state index in [0.717, 1.165) is 5.69 Å². The van der Waals surface area contributed by atoms with E-state index in [9.17, 15) is 14.4 Å². The van der Waals surface area contributed by atoms with Crippen LogP contribution in [-0.2, 0) is 11.2 Å². The topological polar surface area (TPSA) is 101 Å². The molecule has 0 radical (unpaired) electrons. The number of fused-ring (bicyclic) bond motifs is 1. The van der Waals surface area contributed by atoms with Crippen molar-refractivity contribution in [1.82, 2.24) is 10.3 Å². The molecule has 3 rings (SSSR count). The summed E-state index contributed by atoms with van der Waals surface area (Å²) in [6.07, 6.45) is 3.88. The second-order valence-corrected chi connectivity index (χ2v) is 7.93. The SMILES string of the molecule is CC(NC(=O)c1ccoc1)C(=O)Nc1nc2c(s1)C(=O)CC(C)(C)C2. The van der Waals surface area contributed by atoms with Crippen molar-refractivity contribution in [3.63, 3.8) is 0 Å². The number of Topliss-reactive ketones (excluding diaryl/α,β-unsaturated/α-hetero) is 1. The summed E-state index contributed by atoms with van der Waals surface area (Å²) < 4.78 is 4.85. The molecular weight excluding hydrogens is 342 g/mol. The molecule has 0 saturated carbocycles. The summed E-state index contributed by atoms with van der Waals surface area (Å²) in [6, 6.07) is 0.762. The highest BCUT2D eigenvalue weighted by atomic mass is 32.1. The lowest BCUT2D eigenvalue weighted by atomic mass is 9.78. The van der Waals surface area contributed by atoms with E-state index in [-0.39, 0.29) is 11.2 Å². The largest absolute Gasteiger partial charge is 0.472 e. The zero-order chi connectivity index (χ0) is 18.2. The summed E-state index contributed by atoms with van der Waals surface area (Å²) >= 11 is 1.19. The highest BCUT2D eigenvalue weighted by Crippen LogP contribution is 2.38. The maximum absolute atomic E-state index is 12.3. The van der Waals surface area contributed by atoms with Crippen LogP contribution in [0, 0.1) is 5.41 Å². The van der Waals surface area contributed by atoms with Gasteiger partial charge in [-0.2, -0.15) is 0 Å². The van der Waals surface area contributed by atoms with Crippen LogP contribution < -0.4 is 10.6 Å². The maximum atomic E-state index is 12.3. The van der Waals surface area contributed by atoms with Crippen LogP contribution in [0.3, 0.4) is 0 Å². The van der Waals surface area contributed by atoms with Gasteiger partial charge >= 0.3 is 0 Å². The molecule has 0 saturated heterocycles. The fourth-order valence-electron chi connectivity index (χ4n) is 2.73. The Morgan fingerprint density at radius 3 is 2.80 bits per heavy atom. The third kappa shape index (κ3) is 3.79. The van der Waals surface area contributed by atoms with Crippen LogP contribution in [0.1, 0.15) is 52.9 Å². The molecule has 132 valence electrons. The Morgan fingerprint density at radius 2 is 2.12 bits per heavy atom. The van der Waals surface area contributed by atoms with Crippen molar-refractivity contribution in [1.29, 1.82) is 0 Å². The van der Waals surface area contributed by atoms with E-state index in [1.165, 1.54) is 29.9 Å². The summed E-state index contributed by atoms with van der Waals surface area (Å²) in [6.45, 7) is 5.63. The van der Waals surface area contributed by atoms with E-state index in [1.54, 1.807) is 6.92 Å². The third-order valence-electron chi connectivity index (χ3n) is 3.99. The average Bonchev–Trinajstić information content (AvgIpc) is 3.15. The Balaban J connectivity index is 1.65. The lowest BCUT2D eigenvalue weighted by Gasteiger charge is -2.26. The molecule has 0 spiro atoms. The number of carbonyl (C=O) groups excluding carboxylic acids is 3. The average molecular weight is 361 g/mol. The van der Waals surface area contributed by atoms with Gasteiger partial charge in [0.25, 0.3) is 5.91 Å². The number of rotatable bonds is 4. The first-order valence-corrected chi connectivity index (χ1v) is 8.74. The van der Waals surface area contributed by atoms with E-state index in [1.807, 2.05) is 13.8 Å².